The lowest BCUT2D eigenvalue weighted by atomic mass is 9.65. The molecule has 374 valence electrons. The van der Waals surface area contributed by atoms with Crippen molar-refractivity contribution in [3.8, 4) is 11.5 Å². The highest BCUT2D eigenvalue weighted by Crippen LogP contribution is 2.65. The molecule has 11 rings (SSSR count). The van der Waals surface area contributed by atoms with E-state index in [1.165, 1.54) is 6.08 Å². The Kier molecular flexibility index (Phi) is 12.8. The van der Waals surface area contributed by atoms with Crippen LogP contribution in [0, 0.1) is 11.8 Å². The van der Waals surface area contributed by atoms with Crippen LogP contribution in [-0.4, -0.2) is 113 Å². The number of carbonyl (C=O) groups excluding carboxylic acids is 6. The highest BCUT2D eigenvalue weighted by Gasteiger charge is 2.74. The number of cyclic esters (lactones) is 1. The zero-order valence-corrected chi connectivity index (χ0v) is 39.8. The number of benzene rings is 5. The van der Waals surface area contributed by atoms with Crippen molar-refractivity contribution in [1.29, 1.82) is 0 Å². The maximum atomic E-state index is 15.1. The Morgan fingerprint density at radius 2 is 1.42 bits per heavy atom. The maximum absolute atomic E-state index is 15.1. The highest BCUT2D eigenvalue weighted by atomic mass is 16.6. The van der Waals surface area contributed by atoms with Gasteiger partial charge in [-0.25, -0.2) is 0 Å². The maximum Gasteiger partial charge on any atom is 0.325 e. The molecule has 0 radical (unpaired) electrons. The summed E-state index contributed by atoms with van der Waals surface area (Å²) in [6.45, 7) is 3.74. The van der Waals surface area contributed by atoms with E-state index in [9.17, 15) is 29.1 Å². The van der Waals surface area contributed by atoms with E-state index in [1.807, 2.05) is 83.8 Å². The number of para-hydroxylation sites is 1. The van der Waals surface area contributed by atoms with Crippen molar-refractivity contribution in [2.24, 2.45) is 11.8 Å². The third kappa shape index (κ3) is 7.99. The minimum Gasteiger partial charge on any atom is -0.491 e. The molecule has 0 bridgehead atoms. The van der Waals surface area contributed by atoms with Gasteiger partial charge in [-0.1, -0.05) is 116 Å². The molecule has 5 aromatic rings. The zero-order chi connectivity index (χ0) is 50.4. The van der Waals surface area contributed by atoms with Crippen LogP contribution in [0.1, 0.15) is 71.3 Å². The Morgan fingerprint density at radius 3 is 2.18 bits per heavy atom. The van der Waals surface area contributed by atoms with Crippen LogP contribution in [0.15, 0.2) is 146 Å². The van der Waals surface area contributed by atoms with Crippen molar-refractivity contribution in [3.63, 3.8) is 0 Å². The van der Waals surface area contributed by atoms with E-state index >= 15 is 4.79 Å². The first-order chi connectivity index (χ1) is 35.6. The minimum absolute atomic E-state index is 0.0525. The number of rotatable bonds is 15. The molecule has 0 aromatic heterocycles. The van der Waals surface area contributed by atoms with Crippen LogP contribution in [0.4, 0.5) is 5.69 Å². The summed E-state index contributed by atoms with van der Waals surface area (Å²) in [5.74, 6) is -4.20. The van der Waals surface area contributed by atoms with Crippen LogP contribution in [0.3, 0.4) is 0 Å². The van der Waals surface area contributed by atoms with E-state index in [-0.39, 0.29) is 51.3 Å². The van der Waals surface area contributed by atoms with Gasteiger partial charge in [0.2, 0.25) is 17.7 Å². The van der Waals surface area contributed by atoms with Gasteiger partial charge in [-0.3, -0.25) is 33.7 Å². The van der Waals surface area contributed by atoms with Crippen molar-refractivity contribution >= 4 is 41.3 Å². The number of amides is 3. The third-order valence-corrected chi connectivity index (χ3v) is 15.3. The number of aliphatic hydroxyl groups is 1. The molecule has 5 aromatic carbocycles. The summed E-state index contributed by atoms with van der Waals surface area (Å²) in [5.41, 5.74) is 2.11. The molecule has 73 heavy (non-hydrogen) atoms. The van der Waals surface area contributed by atoms with Crippen LogP contribution in [0.25, 0.3) is 0 Å². The van der Waals surface area contributed by atoms with Gasteiger partial charge in [-0.15, -0.1) is 0 Å². The first-order valence-electron chi connectivity index (χ1n) is 24.8. The molecule has 6 heterocycles. The Morgan fingerprint density at radius 1 is 0.712 bits per heavy atom. The first-order valence-corrected chi connectivity index (χ1v) is 24.8. The topological polar surface area (TPSA) is 191 Å². The second kappa shape index (κ2) is 19.7. The second-order valence-electron chi connectivity index (χ2n) is 19.2. The summed E-state index contributed by atoms with van der Waals surface area (Å²) in [4.78, 5) is 91.9. The number of nitrogens with one attached hydrogen (secondary N) is 1. The second-order valence-corrected chi connectivity index (χ2v) is 19.2. The molecular formula is C57H54N4O12. The number of fused-ring (bicyclic) bond motifs is 5. The predicted octanol–water partition coefficient (Wildman–Crippen LogP) is 5.94. The first kappa shape index (κ1) is 47.5. The minimum atomic E-state index is -1.70. The van der Waals surface area contributed by atoms with Crippen LogP contribution < -0.4 is 14.8 Å². The fourth-order valence-corrected chi connectivity index (χ4v) is 12.5. The SMILES string of the molecule is C=CCOC(=O)C1[C@@H]2C(=O)O[C@@H](c3ccccc3)[C@@H](c3ccccc3)N2[C@@H](c2ccc(OCCOC(=O)[C@H]3C[C@H]4C(=O)N5CCC[C@H]5C(=O)N4[C@H]3c3cccc(OCCO)c3)cc2)[C@]12C(=O)Nc1ccccc12. The van der Waals surface area contributed by atoms with E-state index in [1.54, 1.807) is 64.4 Å². The lowest BCUT2D eigenvalue weighted by molar-refractivity contribution is -0.180. The number of piperazine rings is 1. The molecule has 6 aliphatic heterocycles. The molecule has 5 saturated heterocycles. The molecule has 16 heteroatoms. The van der Waals surface area contributed by atoms with Gasteiger partial charge in [0.05, 0.1) is 30.7 Å². The molecule has 3 amide bonds. The van der Waals surface area contributed by atoms with Crippen molar-refractivity contribution in [3.05, 3.63) is 174 Å². The summed E-state index contributed by atoms with van der Waals surface area (Å²) in [7, 11) is 0. The average Bonchev–Trinajstić information content (AvgIpc) is 4.22. The lowest BCUT2D eigenvalue weighted by Gasteiger charge is -2.46. The third-order valence-electron chi connectivity index (χ3n) is 15.3. The Labute approximate surface area is 421 Å². The highest BCUT2D eigenvalue weighted by molar-refractivity contribution is 6.11. The fraction of sp³-hybridized carbons (Fsp3) is 0.333. The van der Waals surface area contributed by atoms with Gasteiger partial charge < -0.3 is 43.9 Å². The van der Waals surface area contributed by atoms with Crippen LogP contribution in [0.2, 0.25) is 0 Å². The number of anilines is 1. The van der Waals surface area contributed by atoms with Crippen LogP contribution >= 0.6 is 0 Å². The molecule has 0 saturated carbocycles. The lowest BCUT2D eigenvalue weighted by Crippen LogP contribution is -2.60. The van der Waals surface area contributed by atoms with Gasteiger partial charge >= 0.3 is 17.9 Å². The molecule has 1 spiro atoms. The van der Waals surface area contributed by atoms with E-state index < -0.39 is 83.4 Å². The van der Waals surface area contributed by atoms with Gasteiger partial charge in [0.25, 0.3) is 0 Å². The van der Waals surface area contributed by atoms with Gasteiger partial charge in [0.15, 0.2) is 0 Å². The summed E-state index contributed by atoms with van der Waals surface area (Å²) in [6, 6.07) is 35.2. The Balaban J connectivity index is 0.895. The molecule has 1 unspecified atom stereocenters. The fourth-order valence-electron chi connectivity index (χ4n) is 12.5. The molecular weight excluding hydrogens is 933 g/mol. The Hall–Kier alpha value is -7.82. The molecule has 0 aliphatic carbocycles. The number of nitrogens with zero attached hydrogens (tertiary/aromatic N) is 3. The van der Waals surface area contributed by atoms with E-state index in [0.717, 1.165) is 17.5 Å². The molecule has 6 aliphatic rings. The average molecular weight is 987 g/mol. The normalized spacial score (nSPS) is 27.9. The smallest absolute Gasteiger partial charge is 0.325 e. The van der Waals surface area contributed by atoms with E-state index in [0.29, 0.717) is 46.8 Å². The van der Waals surface area contributed by atoms with Crippen molar-refractivity contribution in [2.45, 2.75) is 67.0 Å². The van der Waals surface area contributed by atoms with Crippen molar-refractivity contribution in [1.82, 2.24) is 14.7 Å². The number of esters is 3. The predicted molar refractivity (Wildman–Crippen MR) is 262 cm³/mol. The number of aliphatic hydroxyl groups excluding tert-OH is 1. The number of hydrogen-bond donors (Lipinski definition) is 2. The van der Waals surface area contributed by atoms with E-state index in [4.69, 9.17) is 23.7 Å². The summed E-state index contributed by atoms with van der Waals surface area (Å²) in [6.07, 6.45) is 1.97. The monoisotopic (exact) mass is 986 g/mol. The zero-order valence-electron chi connectivity index (χ0n) is 39.8. The number of carbonyl (C=O) groups is 6. The van der Waals surface area contributed by atoms with Crippen molar-refractivity contribution < 1.29 is 57.6 Å². The van der Waals surface area contributed by atoms with E-state index in [2.05, 4.69) is 11.9 Å². The molecule has 5 fully saturated rings. The number of hydrogen-bond acceptors (Lipinski definition) is 13. The van der Waals surface area contributed by atoms with Crippen LogP contribution in [-0.2, 0) is 48.4 Å². The molecule has 10 atom stereocenters. The van der Waals surface area contributed by atoms with Gasteiger partial charge in [0.1, 0.15) is 73.5 Å². The number of morpholine rings is 1. The standard InChI is InChI=1S/C57H54N4O12/c1-2-28-71-54(66)45-48-55(67)73-49(35-15-7-4-8-16-35)47(34-13-5-3-6-14-34)61(48)50(57(45)41-19-9-10-20-42(41)58-56(57)68)36-22-24-38(25-23-36)70-30-31-72-53(65)40-33-44-51(63)59-26-12-21-43(59)52(64)60(44)46(40)37-17-11-18-39(32-37)69-29-27-62/h2-11,13-20,22-25,32,40,43-50,62H,1,12,21,26-31,33H2,(H,58,68)/t40-,43-,44-,45?,46-,47+,48+,49-,50-,57+/m0/s1. The van der Waals surface area contributed by atoms with Crippen LogP contribution in [0.5, 0.6) is 11.5 Å². The largest absolute Gasteiger partial charge is 0.491 e. The van der Waals surface area contributed by atoms with Gasteiger partial charge in [-0.2, -0.15) is 0 Å². The molecule has 2 N–H and O–H groups in total. The summed E-state index contributed by atoms with van der Waals surface area (Å²) < 4.78 is 30.0. The van der Waals surface area contributed by atoms with Gasteiger partial charge in [0, 0.05) is 12.2 Å². The summed E-state index contributed by atoms with van der Waals surface area (Å²) in [5, 5.41) is 12.4. The van der Waals surface area contributed by atoms with Gasteiger partial charge in [-0.05, 0) is 77.4 Å². The van der Waals surface area contributed by atoms with Crippen molar-refractivity contribution in [2.75, 3.05) is 44.9 Å². The quantitative estimate of drug-likeness (QED) is 0.0543. The Bertz CT molecular complexity index is 2950. The summed E-state index contributed by atoms with van der Waals surface area (Å²) >= 11 is 0. The number of ether oxygens (including phenoxy) is 5. The molecule has 16 nitrogen and oxygen atoms in total.